The normalized spacial score (nSPS) is 12.7. The Balaban J connectivity index is 2.70. The molecule has 1 aromatic rings. The molecule has 0 saturated heterocycles. The maximum atomic E-state index is 13.1. The van der Waals surface area contributed by atoms with Crippen LogP contribution in [-0.2, 0) is 4.74 Å². The van der Waals surface area contributed by atoms with Crippen molar-refractivity contribution in [2.75, 3.05) is 19.8 Å². The third kappa shape index (κ3) is 4.92. The molecular weight excluding hydrogens is 253 g/mol. The molecule has 1 rings (SSSR count). The molecule has 1 atom stereocenters. The first kappa shape index (κ1) is 15.4. The van der Waals surface area contributed by atoms with Gasteiger partial charge in [-0.15, -0.1) is 0 Å². The zero-order chi connectivity index (χ0) is 13.4. The molecule has 0 aliphatic carbocycles. The second-order valence-corrected chi connectivity index (χ2v) is 4.66. The van der Waals surface area contributed by atoms with Crippen molar-refractivity contribution in [3.63, 3.8) is 0 Å². The summed E-state index contributed by atoms with van der Waals surface area (Å²) in [5, 5.41) is 3.54. The monoisotopic (exact) mass is 273 g/mol. The van der Waals surface area contributed by atoms with Gasteiger partial charge in [0, 0.05) is 6.61 Å². The lowest BCUT2D eigenvalue weighted by molar-refractivity contribution is 0.112. The Kier molecular flexibility index (Phi) is 7.25. The van der Waals surface area contributed by atoms with Crippen LogP contribution in [0.25, 0.3) is 0 Å². The third-order valence-electron chi connectivity index (χ3n) is 2.62. The Morgan fingerprint density at radius 3 is 2.72 bits per heavy atom. The van der Waals surface area contributed by atoms with Crippen molar-refractivity contribution in [2.45, 2.75) is 32.7 Å². The van der Waals surface area contributed by atoms with Crippen molar-refractivity contribution in [1.29, 1.82) is 0 Å². The van der Waals surface area contributed by atoms with E-state index in [2.05, 4.69) is 19.2 Å². The summed E-state index contributed by atoms with van der Waals surface area (Å²) in [4.78, 5) is 0. The summed E-state index contributed by atoms with van der Waals surface area (Å²) in [5.74, 6) is -0.385. The number of halogens is 2. The molecule has 1 unspecified atom stereocenters. The van der Waals surface area contributed by atoms with E-state index in [9.17, 15) is 4.39 Å². The van der Waals surface area contributed by atoms with E-state index in [0.29, 0.717) is 6.61 Å². The highest BCUT2D eigenvalue weighted by molar-refractivity contribution is 6.30. The van der Waals surface area contributed by atoms with E-state index < -0.39 is 0 Å². The number of rotatable bonds is 8. The summed E-state index contributed by atoms with van der Waals surface area (Å²) in [6, 6.07) is 4.89. The predicted molar refractivity (Wildman–Crippen MR) is 73.6 cm³/mol. The van der Waals surface area contributed by atoms with Gasteiger partial charge in [0.2, 0.25) is 0 Å². The molecule has 0 saturated carbocycles. The summed E-state index contributed by atoms with van der Waals surface area (Å²) in [5.41, 5.74) is 0.964. The third-order valence-corrected chi connectivity index (χ3v) is 2.91. The van der Waals surface area contributed by atoms with E-state index in [1.54, 1.807) is 12.1 Å². The van der Waals surface area contributed by atoms with Crippen LogP contribution < -0.4 is 5.32 Å². The molecule has 0 aliphatic rings. The first-order chi connectivity index (χ1) is 8.69. The summed E-state index contributed by atoms with van der Waals surface area (Å²) in [6.45, 7) is 6.39. The molecule has 0 spiro atoms. The van der Waals surface area contributed by atoms with Crippen LogP contribution in [0.1, 0.15) is 38.3 Å². The summed E-state index contributed by atoms with van der Waals surface area (Å²) < 4.78 is 18.7. The highest BCUT2D eigenvalue weighted by atomic mass is 35.5. The van der Waals surface area contributed by atoms with Gasteiger partial charge < -0.3 is 10.1 Å². The van der Waals surface area contributed by atoms with E-state index >= 15 is 0 Å². The number of nitrogens with one attached hydrogen (secondary N) is 1. The van der Waals surface area contributed by atoms with Gasteiger partial charge in [-0.3, -0.25) is 0 Å². The Hall–Kier alpha value is -0.640. The van der Waals surface area contributed by atoms with Crippen LogP contribution in [0.2, 0.25) is 5.02 Å². The minimum Gasteiger partial charge on any atom is -0.379 e. The van der Waals surface area contributed by atoms with Crippen LogP contribution in [0, 0.1) is 5.82 Å². The highest BCUT2D eigenvalue weighted by Gasteiger charge is 2.12. The second-order valence-electron chi connectivity index (χ2n) is 4.26. The number of ether oxygens (including phenoxy) is 1. The average molecular weight is 274 g/mol. The van der Waals surface area contributed by atoms with Crippen molar-refractivity contribution in [2.24, 2.45) is 0 Å². The van der Waals surface area contributed by atoms with Gasteiger partial charge in [-0.2, -0.15) is 0 Å². The van der Waals surface area contributed by atoms with Crippen LogP contribution in [0.3, 0.4) is 0 Å². The number of benzene rings is 1. The molecule has 4 heteroatoms. The van der Waals surface area contributed by atoms with E-state index in [0.717, 1.165) is 31.6 Å². The molecule has 0 amide bonds. The summed E-state index contributed by atoms with van der Waals surface area (Å²) in [6.07, 6.45) is 2.03. The molecule has 0 heterocycles. The van der Waals surface area contributed by atoms with Crippen molar-refractivity contribution < 1.29 is 9.13 Å². The fourth-order valence-electron chi connectivity index (χ4n) is 1.67. The van der Waals surface area contributed by atoms with Gasteiger partial charge in [0.25, 0.3) is 0 Å². The molecule has 0 aliphatic heterocycles. The smallest absolute Gasteiger partial charge is 0.141 e. The summed E-state index contributed by atoms with van der Waals surface area (Å²) in [7, 11) is 0. The molecular formula is C14H21ClFNO. The van der Waals surface area contributed by atoms with Crippen molar-refractivity contribution in [3.8, 4) is 0 Å². The van der Waals surface area contributed by atoms with Crippen molar-refractivity contribution >= 4 is 11.6 Å². The zero-order valence-electron chi connectivity index (χ0n) is 11.0. The van der Waals surface area contributed by atoms with Crippen LogP contribution in [-0.4, -0.2) is 19.8 Å². The Labute approximate surface area is 113 Å². The fraction of sp³-hybridized carbons (Fsp3) is 0.571. The molecule has 2 nitrogen and oxygen atoms in total. The first-order valence-electron chi connectivity index (χ1n) is 6.45. The first-order valence-corrected chi connectivity index (χ1v) is 6.82. The van der Waals surface area contributed by atoms with Crippen molar-refractivity contribution in [1.82, 2.24) is 5.32 Å². The largest absolute Gasteiger partial charge is 0.379 e. The van der Waals surface area contributed by atoms with Gasteiger partial charge in [-0.25, -0.2) is 4.39 Å². The van der Waals surface area contributed by atoms with Gasteiger partial charge >= 0.3 is 0 Å². The Morgan fingerprint density at radius 1 is 1.33 bits per heavy atom. The number of hydrogen-bond donors (Lipinski definition) is 1. The molecule has 0 fully saturated rings. The summed E-state index contributed by atoms with van der Waals surface area (Å²) >= 11 is 5.81. The Morgan fingerprint density at radius 2 is 2.11 bits per heavy atom. The maximum absolute atomic E-state index is 13.1. The zero-order valence-corrected chi connectivity index (χ0v) is 11.8. The van der Waals surface area contributed by atoms with E-state index in [-0.39, 0.29) is 16.9 Å². The van der Waals surface area contributed by atoms with Crippen LogP contribution in [0.5, 0.6) is 0 Å². The minimum atomic E-state index is -0.385. The number of hydrogen-bond acceptors (Lipinski definition) is 2. The topological polar surface area (TPSA) is 21.3 Å². The second kappa shape index (κ2) is 8.46. The van der Waals surface area contributed by atoms with Gasteiger partial charge in [0.15, 0.2) is 0 Å². The fourth-order valence-corrected chi connectivity index (χ4v) is 1.86. The van der Waals surface area contributed by atoms with Gasteiger partial charge in [0.05, 0.1) is 17.7 Å². The lowest BCUT2D eigenvalue weighted by Crippen LogP contribution is -2.26. The average Bonchev–Trinajstić information content (AvgIpc) is 2.37. The van der Waals surface area contributed by atoms with Crippen LogP contribution in [0.15, 0.2) is 18.2 Å². The molecule has 18 heavy (non-hydrogen) atoms. The molecule has 0 radical (unpaired) electrons. The van der Waals surface area contributed by atoms with Gasteiger partial charge in [-0.05, 0) is 37.1 Å². The predicted octanol–water partition coefficient (Wildman–Crippen LogP) is 3.95. The quantitative estimate of drug-likeness (QED) is 0.724. The van der Waals surface area contributed by atoms with Gasteiger partial charge in [-0.1, -0.05) is 31.5 Å². The van der Waals surface area contributed by atoms with Crippen LogP contribution >= 0.6 is 11.6 Å². The lowest BCUT2D eigenvalue weighted by Gasteiger charge is -2.19. The maximum Gasteiger partial charge on any atom is 0.141 e. The van der Waals surface area contributed by atoms with Crippen molar-refractivity contribution in [3.05, 3.63) is 34.6 Å². The van der Waals surface area contributed by atoms with E-state index in [1.165, 1.54) is 6.07 Å². The molecule has 0 aromatic heterocycles. The molecule has 0 bridgehead atoms. The van der Waals surface area contributed by atoms with Gasteiger partial charge in [0.1, 0.15) is 5.82 Å². The lowest BCUT2D eigenvalue weighted by atomic mass is 10.1. The van der Waals surface area contributed by atoms with E-state index in [1.807, 2.05) is 0 Å². The highest BCUT2D eigenvalue weighted by Crippen LogP contribution is 2.21. The van der Waals surface area contributed by atoms with Crippen LogP contribution in [0.4, 0.5) is 4.39 Å². The SMILES string of the molecule is CCCNC(COCCC)c1ccc(F)c(Cl)c1. The molecule has 1 N–H and O–H groups in total. The minimum absolute atomic E-state index is 0.0644. The molecule has 1 aromatic carbocycles. The Bertz CT molecular complexity index is 360. The molecule has 102 valence electrons. The van der Waals surface area contributed by atoms with E-state index in [4.69, 9.17) is 16.3 Å². The standard InChI is InChI=1S/C14H21ClFNO/c1-3-7-17-14(10-18-8-4-2)11-5-6-13(16)12(15)9-11/h5-6,9,14,17H,3-4,7-8,10H2,1-2H3.